The van der Waals surface area contributed by atoms with Gasteiger partial charge < -0.3 is 10.1 Å². The van der Waals surface area contributed by atoms with Crippen LogP contribution in [0.1, 0.15) is 45.4 Å². The zero-order valence-electron chi connectivity index (χ0n) is 10.0. The van der Waals surface area contributed by atoms with Gasteiger partial charge in [0.1, 0.15) is 0 Å². The largest absolute Gasteiger partial charge is 0.381 e. The maximum absolute atomic E-state index is 5.44. The van der Waals surface area contributed by atoms with E-state index in [0.29, 0.717) is 0 Å². The molecule has 1 unspecified atom stereocenters. The van der Waals surface area contributed by atoms with Crippen molar-refractivity contribution < 1.29 is 4.74 Å². The third-order valence-electron chi connectivity index (χ3n) is 3.88. The van der Waals surface area contributed by atoms with Crippen LogP contribution >= 0.6 is 0 Å². The fraction of sp³-hybridized carbons (Fsp3) is 1.00. The average Bonchev–Trinajstić information content (AvgIpc) is 3.09. The molecule has 0 radical (unpaired) electrons. The molecule has 2 heteroatoms. The quantitative estimate of drug-likeness (QED) is 0.729. The predicted octanol–water partition coefficient (Wildman–Crippen LogP) is 2.58. The highest BCUT2D eigenvalue weighted by Gasteiger charge is 2.27. The van der Waals surface area contributed by atoms with Crippen LogP contribution in [0.5, 0.6) is 0 Å². The van der Waals surface area contributed by atoms with Gasteiger partial charge in [-0.05, 0) is 44.1 Å². The van der Waals surface area contributed by atoms with Crippen LogP contribution in [0.3, 0.4) is 0 Å². The molecular weight excluding hydrogens is 186 g/mol. The van der Waals surface area contributed by atoms with Crippen LogP contribution in [0.2, 0.25) is 0 Å². The molecule has 1 aliphatic carbocycles. The molecule has 0 amide bonds. The van der Waals surface area contributed by atoms with Gasteiger partial charge in [-0.3, -0.25) is 0 Å². The Kier molecular flexibility index (Phi) is 4.45. The molecule has 2 fully saturated rings. The van der Waals surface area contributed by atoms with Gasteiger partial charge in [-0.25, -0.2) is 0 Å². The summed E-state index contributed by atoms with van der Waals surface area (Å²) in [5.41, 5.74) is 0. The van der Waals surface area contributed by atoms with E-state index in [2.05, 4.69) is 12.2 Å². The molecule has 2 aliphatic rings. The Bertz CT molecular complexity index is 173. The minimum atomic E-state index is 0.763. The molecule has 0 aromatic rings. The van der Waals surface area contributed by atoms with Crippen molar-refractivity contribution in [2.75, 3.05) is 19.8 Å². The van der Waals surface area contributed by atoms with Crippen LogP contribution in [0.25, 0.3) is 0 Å². The van der Waals surface area contributed by atoms with E-state index in [1.807, 2.05) is 0 Å². The van der Waals surface area contributed by atoms with Crippen molar-refractivity contribution in [2.24, 2.45) is 11.8 Å². The second-order valence-electron chi connectivity index (χ2n) is 5.13. The van der Waals surface area contributed by atoms with Crippen molar-refractivity contribution in [1.82, 2.24) is 5.32 Å². The lowest BCUT2D eigenvalue weighted by Crippen LogP contribution is -2.39. The fourth-order valence-corrected chi connectivity index (χ4v) is 2.71. The Morgan fingerprint density at radius 3 is 2.53 bits per heavy atom. The van der Waals surface area contributed by atoms with E-state index in [4.69, 9.17) is 4.74 Å². The number of rotatable bonds is 6. The van der Waals surface area contributed by atoms with E-state index >= 15 is 0 Å². The maximum Gasteiger partial charge on any atom is 0.0469 e. The van der Waals surface area contributed by atoms with Crippen molar-refractivity contribution in [2.45, 2.75) is 51.5 Å². The zero-order valence-corrected chi connectivity index (χ0v) is 10.0. The topological polar surface area (TPSA) is 21.3 Å². The van der Waals surface area contributed by atoms with E-state index in [9.17, 15) is 0 Å². The first kappa shape index (κ1) is 11.4. The molecule has 0 aromatic heterocycles. The van der Waals surface area contributed by atoms with Crippen LogP contribution in [0.15, 0.2) is 0 Å². The summed E-state index contributed by atoms with van der Waals surface area (Å²) in [4.78, 5) is 0. The molecule has 1 saturated carbocycles. The van der Waals surface area contributed by atoms with Crippen LogP contribution in [-0.2, 0) is 4.74 Å². The summed E-state index contributed by atoms with van der Waals surface area (Å²) in [5.74, 6) is 1.95. The summed E-state index contributed by atoms with van der Waals surface area (Å²) < 4.78 is 5.44. The number of hydrogen-bond donors (Lipinski definition) is 1. The monoisotopic (exact) mass is 211 g/mol. The van der Waals surface area contributed by atoms with Crippen molar-refractivity contribution in [1.29, 1.82) is 0 Å². The zero-order chi connectivity index (χ0) is 10.5. The van der Waals surface area contributed by atoms with Gasteiger partial charge in [0.25, 0.3) is 0 Å². The standard InChI is InChI=1S/C13H25NO/c1-2-14-13(6-5-11-3-4-11)12-7-9-15-10-8-12/h11-14H,2-10H2,1H3. The average molecular weight is 211 g/mol. The minimum absolute atomic E-state index is 0.763. The van der Waals surface area contributed by atoms with Gasteiger partial charge in [0, 0.05) is 19.3 Å². The van der Waals surface area contributed by atoms with E-state index in [1.54, 1.807) is 0 Å². The fourth-order valence-electron chi connectivity index (χ4n) is 2.71. The summed E-state index contributed by atoms with van der Waals surface area (Å²) in [6.07, 6.45) is 8.36. The van der Waals surface area contributed by atoms with Crippen LogP contribution < -0.4 is 5.32 Å². The smallest absolute Gasteiger partial charge is 0.0469 e. The first-order valence-corrected chi connectivity index (χ1v) is 6.71. The van der Waals surface area contributed by atoms with E-state index in [0.717, 1.165) is 37.6 Å². The van der Waals surface area contributed by atoms with Crippen molar-refractivity contribution in [3.05, 3.63) is 0 Å². The lowest BCUT2D eigenvalue weighted by molar-refractivity contribution is 0.0523. The number of hydrogen-bond acceptors (Lipinski definition) is 2. The Hall–Kier alpha value is -0.0800. The first-order valence-electron chi connectivity index (χ1n) is 6.71. The second-order valence-corrected chi connectivity index (χ2v) is 5.13. The lowest BCUT2D eigenvalue weighted by Gasteiger charge is -2.31. The molecule has 1 saturated heterocycles. The lowest BCUT2D eigenvalue weighted by atomic mass is 9.88. The maximum atomic E-state index is 5.44. The molecule has 0 spiro atoms. The molecule has 1 heterocycles. The van der Waals surface area contributed by atoms with Crippen LogP contribution in [-0.4, -0.2) is 25.8 Å². The normalized spacial score (nSPS) is 25.4. The third-order valence-corrected chi connectivity index (χ3v) is 3.88. The van der Waals surface area contributed by atoms with Gasteiger partial charge in [0.2, 0.25) is 0 Å². The van der Waals surface area contributed by atoms with Gasteiger partial charge in [0.15, 0.2) is 0 Å². The molecule has 0 aromatic carbocycles. The van der Waals surface area contributed by atoms with Crippen LogP contribution in [0.4, 0.5) is 0 Å². The SMILES string of the molecule is CCNC(CCC1CC1)C1CCOCC1. The highest BCUT2D eigenvalue weighted by atomic mass is 16.5. The predicted molar refractivity (Wildman–Crippen MR) is 63.0 cm³/mol. The van der Waals surface area contributed by atoms with Gasteiger partial charge in [-0.15, -0.1) is 0 Å². The molecule has 2 rings (SSSR count). The molecule has 88 valence electrons. The Labute approximate surface area is 93.8 Å². The van der Waals surface area contributed by atoms with Gasteiger partial charge in [0.05, 0.1) is 0 Å². The molecule has 15 heavy (non-hydrogen) atoms. The molecule has 1 N–H and O–H groups in total. The highest BCUT2D eigenvalue weighted by Crippen LogP contribution is 2.35. The minimum Gasteiger partial charge on any atom is -0.381 e. The number of nitrogens with one attached hydrogen (secondary N) is 1. The highest BCUT2D eigenvalue weighted by molar-refractivity contribution is 4.82. The Morgan fingerprint density at radius 2 is 1.93 bits per heavy atom. The van der Waals surface area contributed by atoms with Crippen molar-refractivity contribution in [3.8, 4) is 0 Å². The van der Waals surface area contributed by atoms with E-state index in [1.165, 1.54) is 38.5 Å². The second kappa shape index (κ2) is 5.86. The van der Waals surface area contributed by atoms with E-state index in [-0.39, 0.29) is 0 Å². The molecule has 1 atom stereocenters. The summed E-state index contributed by atoms with van der Waals surface area (Å²) in [6, 6.07) is 0.763. The van der Waals surface area contributed by atoms with Crippen molar-refractivity contribution >= 4 is 0 Å². The molecular formula is C13H25NO. The Morgan fingerprint density at radius 1 is 1.20 bits per heavy atom. The third kappa shape index (κ3) is 3.76. The summed E-state index contributed by atoms with van der Waals surface area (Å²) in [5, 5.41) is 3.68. The summed E-state index contributed by atoms with van der Waals surface area (Å²) in [6.45, 7) is 5.31. The Balaban J connectivity index is 1.74. The first-order chi connectivity index (χ1) is 7.40. The van der Waals surface area contributed by atoms with E-state index < -0.39 is 0 Å². The van der Waals surface area contributed by atoms with Crippen molar-refractivity contribution in [3.63, 3.8) is 0 Å². The van der Waals surface area contributed by atoms with Gasteiger partial charge >= 0.3 is 0 Å². The molecule has 0 bridgehead atoms. The van der Waals surface area contributed by atoms with Gasteiger partial charge in [-0.2, -0.15) is 0 Å². The van der Waals surface area contributed by atoms with Gasteiger partial charge in [-0.1, -0.05) is 19.8 Å². The number of ether oxygens (including phenoxy) is 1. The summed E-state index contributed by atoms with van der Waals surface area (Å²) >= 11 is 0. The van der Waals surface area contributed by atoms with Crippen LogP contribution in [0, 0.1) is 11.8 Å². The molecule has 2 nitrogen and oxygen atoms in total. The summed E-state index contributed by atoms with van der Waals surface area (Å²) in [7, 11) is 0. The molecule has 1 aliphatic heterocycles.